The number of aryl methyl sites for hydroxylation is 1. The zero-order chi connectivity index (χ0) is 10.4. The van der Waals surface area contributed by atoms with Gasteiger partial charge in [0.1, 0.15) is 5.15 Å². The third-order valence-corrected chi connectivity index (χ3v) is 2.15. The molecule has 0 bridgehead atoms. The van der Waals surface area contributed by atoms with Crippen molar-refractivity contribution in [2.75, 3.05) is 0 Å². The first-order valence-corrected chi connectivity index (χ1v) is 4.85. The number of aromatic nitrogens is 1. The summed E-state index contributed by atoms with van der Waals surface area (Å²) in [7, 11) is 0. The SMILES string of the molecule is C=NC(=C)CCCc1ccnc(Cl)c1. The summed E-state index contributed by atoms with van der Waals surface area (Å²) in [5, 5.41) is 0.545. The Balaban J connectivity index is 2.38. The summed E-state index contributed by atoms with van der Waals surface area (Å²) in [6.07, 6.45) is 4.58. The lowest BCUT2D eigenvalue weighted by Gasteiger charge is -2.01. The molecule has 0 saturated carbocycles. The summed E-state index contributed by atoms with van der Waals surface area (Å²) < 4.78 is 0. The normalized spacial score (nSPS) is 9.79. The minimum atomic E-state index is 0.545. The molecule has 0 N–H and O–H groups in total. The molecule has 0 atom stereocenters. The molecule has 0 aliphatic carbocycles. The smallest absolute Gasteiger partial charge is 0.129 e. The lowest BCUT2D eigenvalue weighted by Crippen LogP contribution is -1.87. The van der Waals surface area contributed by atoms with Gasteiger partial charge in [-0.25, -0.2) is 4.98 Å². The predicted octanol–water partition coefficient (Wildman–Crippen LogP) is 3.27. The fraction of sp³-hybridized carbons (Fsp3) is 0.273. The highest BCUT2D eigenvalue weighted by Crippen LogP contribution is 2.12. The van der Waals surface area contributed by atoms with Gasteiger partial charge < -0.3 is 0 Å². The quantitative estimate of drug-likeness (QED) is 0.539. The molecule has 0 unspecified atom stereocenters. The van der Waals surface area contributed by atoms with Crippen LogP contribution in [-0.2, 0) is 6.42 Å². The van der Waals surface area contributed by atoms with Crippen molar-refractivity contribution in [3.63, 3.8) is 0 Å². The van der Waals surface area contributed by atoms with Crippen LogP contribution in [0.5, 0.6) is 0 Å². The van der Waals surface area contributed by atoms with Crippen molar-refractivity contribution < 1.29 is 0 Å². The van der Waals surface area contributed by atoms with Crippen molar-refractivity contribution in [1.29, 1.82) is 0 Å². The molecular weight excluding hydrogens is 196 g/mol. The number of aliphatic imine (C=N–C) groups is 1. The summed E-state index contributed by atoms with van der Waals surface area (Å²) in [5.41, 5.74) is 2.03. The third-order valence-electron chi connectivity index (χ3n) is 1.95. The molecular formula is C11H13ClN2. The van der Waals surface area contributed by atoms with Crippen LogP contribution in [0, 0.1) is 0 Å². The zero-order valence-corrected chi connectivity index (χ0v) is 8.80. The van der Waals surface area contributed by atoms with Crippen molar-refractivity contribution in [3.05, 3.63) is 41.3 Å². The van der Waals surface area contributed by atoms with Gasteiger partial charge in [-0.2, -0.15) is 0 Å². The average Bonchev–Trinajstić information content (AvgIpc) is 2.17. The van der Waals surface area contributed by atoms with E-state index in [1.807, 2.05) is 12.1 Å². The highest BCUT2D eigenvalue weighted by Gasteiger charge is 1.96. The standard InChI is InChI=1S/C11H13ClN2/c1-9(13-2)4-3-5-10-6-7-14-11(12)8-10/h6-8H,1-5H2. The molecule has 0 fully saturated rings. The molecule has 1 aromatic heterocycles. The maximum absolute atomic E-state index is 5.76. The molecule has 0 saturated heterocycles. The van der Waals surface area contributed by atoms with E-state index in [9.17, 15) is 0 Å². The fourth-order valence-electron chi connectivity index (χ4n) is 1.17. The van der Waals surface area contributed by atoms with Crippen LogP contribution in [0.15, 0.2) is 35.6 Å². The number of hydrogen-bond acceptors (Lipinski definition) is 2. The Morgan fingerprint density at radius 2 is 2.36 bits per heavy atom. The van der Waals surface area contributed by atoms with Crippen LogP contribution >= 0.6 is 11.6 Å². The van der Waals surface area contributed by atoms with Crippen LogP contribution in [0.2, 0.25) is 5.15 Å². The second-order valence-electron chi connectivity index (χ2n) is 3.06. The summed E-state index contributed by atoms with van der Waals surface area (Å²) in [5.74, 6) is 0. The van der Waals surface area contributed by atoms with E-state index < -0.39 is 0 Å². The van der Waals surface area contributed by atoms with E-state index in [1.165, 1.54) is 5.56 Å². The van der Waals surface area contributed by atoms with E-state index in [-0.39, 0.29) is 0 Å². The van der Waals surface area contributed by atoms with Crippen molar-refractivity contribution >= 4 is 18.3 Å². The lowest BCUT2D eigenvalue weighted by molar-refractivity contribution is 0.807. The molecule has 0 aliphatic heterocycles. The van der Waals surface area contributed by atoms with E-state index >= 15 is 0 Å². The Morgan fingerprint density at radius 1 is 1.57 bits per heavy atom. The second-order valence-corrected chi connectivity index (χ2v) is 3.45. The van der Waals surface area contributed by atoms with Crippen molar-refractivity contribution in [3.8, 4) is 0 Å². The van der Waals surface area contributed by atoms with Gasteiger partial charge in [0.15, 0.2) is 0 Å². The third kappa shape index (κ3) is 3.71. The predicted molar refractivity (Wildman–Crippen MR) is 60.9 cm³/mol. The van der Waals surface area contributed by atoms with Crippen LogP contribution in [0.3, 0.4) is 0 Å². The second kappa shape index (κ2) is 5.55. The number of allylic oxidation sites excluding steroid dienone is 1. The van der Waals surface area contributed by atoms with Crippen LogP contribution in [-0.4, -0.2) is 11.7 Å². The largest absolute Gasteiger partial charge is 0.270 e. The van der Waals surface area contributed by atoms with Crippen molar-refractivity contribution in [2.45, 2.75) is 19.3 Å². The molecule has 3 heteroatoms. The van der Waals surface area contributed by atoms with Gasteiger partial charge >= 0.3 is 0 Å². The van der Waals surface area contributed by atoms with E-state index in [1.54, 1.807) is 6.20 Å². The first-order valence-electron chi connectivity index (χ1n) is 4.47. The lowest BCUT2D eigenvalue weighted by atomic mass is 10.1. The van der Waals surface area contributed by atoms with Gasteiger partial charge in [-0.05, 0) is 43.7 Å². The molecule has 0 aliphatic rings. The van der Waals surface area contributed by atoms with E-state index in [0.717, 1.165) is 25.0 Å². The van der Waals surface area contributed by atoms with Gasteiger partial charge in [0, 0.05) is 11.9 Å². The van der Waals surface area contributed by atoms with E-state index in [2.05, 4.69) is 23.3 Å². The first-order chi connectivity index (χ1) is 6.72. The van der Waals surface area contributed by atoms with Gasteiger partial charge in [-0.3, -0.25) is 4.99 Å². The minimum absolute atomic E-state index is 0.545. The van der Waals surface area contributed by atoms with Gasteiger partial charge in [0.05, 0.1) is 0 Å². The summed E-state index contributed by atoms with van der Waals surface area (Å²) in [6, 6.07) is 3.85. The van der Waals surface area contributed by atoms with Crippen molar-refractivity contribution in [2.24, 2.45) is 4.99 Å². The van der Waals surface area contributed by atoms with Gasteiger partial charge in [-0.1, -0.05) is 18.2 Å². The molecule has 2 nitrogen and oxygen atoms in total. The summed E-state index contributed by atoms with van der Waals surface area (Å²) in [4.78, 5) is 7.67. The Morgan fingerprint density at radius 3 is 3.00 bits per heavy atom. The monoisotopic (exact) mass is 208 g/mol. The highest BCUT2D eigenvalue weighted by atomic mass is 35.5. The average molecular weight is 209 g/mol. The molecule has 14 heavy (non-hydrogen) atoms. The maximum atomic E-state index is 5.76. The Hall–Kier alpha value is -1.15. The van der Waals surface area contributed by atoms with E-state index in [0.29, 0.717) is 5.15 Å². The van der Waals surface area contributed by atoms with Gasteiger partial charge in [0.25, 0.3) is 0 Å². The number of halogens is 1. The van der Waals surface area contributed by atoms with Crippen LogP contribution in [0.25, 0.3) is 0 Å². The molecule has 0 spiro atoms. The van der Waals surface area contributed by atoms with Crippen LogP contribution in [0.1, 0.15) is 18.4 Å². The number of pyridine rings is 1. The van der Waals surface area contributed by atoms with Crippen LogP contribution < -0.4 is 0 Å². The minimum Gasteiger partial charge on any atom is -0.270 e. The number of nitrogens with zero attached hydrogens (tertiary/aromatic N) is 2. The molecule has 74 valence electrons. The van der Waals surface area contributed by atoms with E-state index in [4.69, 9.17) is 11.6 Å². The van der Waals surface area contributed by atoms with Crippen LogP contribution in [0.4, 0.5) is 0 Å². The fourth-order valence-corrected chi connectivity index (χ4v) is 1.37. The number of hydrogen-bond donors (Lipinski definition) is 0. The van der Waals surface area contributed by atoms with Crippen molar-refractivity contribution in [1.82, 2.24) is 4.98 Å². The highest BCUT2D eigenvalue weighted by molar-refractivity contribution is 6.29. The van der Waals surface area contributed by atoms with Gasteiger partial charge in [0.2, 0.25) is 0 Å². The molecule has 0 amide bonds. The Kier molecular flexibility index (Phi) is 4.33. The summed E-state index contributed by atoms with van der Waals surface area (Å²) >= 11 is 5.76. The molecule has 1 heterocycles. The molecule has 1 rings (SSSR count). The molecule has 1 aromatic rings. The molecule has 0 radical (unpaired) electrons. The summed E-state index contributed by atoms with van der Waals surface area (Å²) in [6.45, 7) is 7.17. The van der Waals surface area contributed by atoms with Gasteiger partial charge in [-0.15, -0.1) is 0 Å². The Bertz CT molecular complexity index is 334. The maximum Gasteiger partial charge on any atom is 0.129 e. The molecule has 0 aromatic carbocycles. The topological polar surface area (TPSA) is 25.2 Å². The Labute approximate surface area is 89.3 Å². The first kappa shape index (κ1) is 10.9. The number of rotatable bonds is 5. The zero-order valence-electron chi connectivity index (χ0n) is 8.04.